The van der Waals surface area contributed by atoms with Crippen LogP contribution in [0.15, 0.2) is 24.7 Å². The predicted octanol–water partition coefficient (Wildman–Crippen LogP) is 1.14. The number of ether oxygens (including phenoxy) is 2. The lowest BCUT2D eigenvalue weighted by molar-refractivity contribution is 0.344. The molecule has 88 valence electrons. The Hall–Kier alpha value is -2.37. The van der Waals surface area contributed by atoms with E-state index in [2.05, 4.69) is 15.0 Å². The molecule has 0 aliphatic heterocycles. The van der Waals surface area contributed by atoms with E-state index in [0.717, 1.165) is 11.1 Å². The lowest BCUT2D eigenvalue weighted by Gasteiger charge is -2.10. The zero-order valence-corrected chi connectivity index (χ0v) is 9.54. The first-order valence-electron chi connectivity index (χ1n) is 4.91. The maximum absolute atomic E-state index is 5.44. The molecule has 2 rings (SSSR count). The van der Waals surface area contributed by atoms with Crippen molar-refractivity contribution in [2.75, 3.05) is 20.0 Å². The van der Waals surface area contributed by atoms with Crippen LogP contribution in [0.4, 0.5) is 5.95 Å². The highest BCUT2D eigenvalue weighted by atomic mass is 16.5. The Bertz CT molecular complexity index is 513. The van der Waals surface area contributed by atoms with Gasteiger partial charge in [-0.2, -0.15) is 0 Å². The third-order valence-corrected chi connectivity index (χ3v) is 2.25. The molecule has 2 aromatic rings. The fraction of sp³-hybridized carbons (Fsp3) is 0.182. The maximum atomic E-state index is 5.44. The molecule has 2 N–H and O–H groups in total. The standard InChI is InChI=1S/C11H12N4O2/c1-16-9-8(3-4-13-10(9)17-2)7-5-14-11(12)15-6-7/h3-6H,1-2H3,(H2,12,14,15). The van der Waals surface area contributed by atoms with E-state index in [-0.39, 0.29) is 5.95 Å². The van der Waals surface area contributed by atoms with Gasteiger partial charge in [0.15, 0.2) is 5.75 Å². The molecule has 6 nitrogen and oxygen atoms in total. The second kappa shape index (κ2) is 4.65. The van der Waals surface area contributed by atoms with Crippen molar-refractivity contribution in [1.82, 2.24) is 15.0 Å². The first-order chi connectivity index (χ1) is 8.26. The van der Waals surface area contributed by atoms with Crippen molar-refractivity contribution in [3.63, 3.8) is 0 Å². The number of rotatable bonds is 3. The Morgan fingerprint density at radius 1 is 1.06 bits per heavy atom. The Morgan fingerprint density at radius 3 is 2.35 bits per heavy atom. The number of nitrogens with two attached hydrogens (primary N) is 1. The first-order valence-corrected chi connectivity index (χ1v) is 4.91. The number of hydrogen-bond acceptors (Lipinski definition) is 6. The summed E-state index contributed by atoms with van der Waals surface area (Å²) in [6.07, 6.45) is 4.88. The lowest BCUT2D eigenvalue weighted by Crippen LogP contribution is -1.97. The summed E-state index contributed by atoms with van der Waals surface area (Å²) in [6.45, 7) is 0. The quantitative estimate of drug-likeness (QED) is 0.854. The minimum absolute atomic E-state index is 0.230. The molecule has 0 radical (unpaired) electrons. The van der Waals surface area contributed by atoms with E-state index >= 15 is 0 Å². The van der Waals surface area contributed by atoms with Gasteiger partial charge in [-0.05, 0) is 6.07 Å². The SMILES string of the molecule is COc1nccc(-c2cnc(N)nc2)c1OC. The van der Waals surface area contributed by atoms with Crippen LogP contribution in [0.2, 0.25) is 0 Å². The molecule has 0 bridgehead atoms. The van der Waals surface area contributed by atoms with Crippen LogP contribution in [0.5, 0.6) is 11.6 Å². The molecule has 0 aliphatic rings. The van der Waals surface area contributed by atoms with E-state index in [1.54, 1.807) is 31.8 Å². The van der Waals surface area contributed by atoms with E-state index in [9.17, 15) is 0 Å². The molecule has 2 aromatic heterocycles. The summed E-state index contributed by atoms with van der Waals surface area (Å²) in [5, 5.41) is 0. The van der Waals surface area contributed by atoms with Gasteiger partial charge in [0.1, 0.15) is 0 Å². The number of nitrogens with zero attached hydrogens (tertiary/aromatic N) is 3. The molecule has 2 heterocycles. The van der Waals surface area contributed by atoms with Gasteiger partial charge in [0.05, 0.1) is 14.2 Å². The Morgan fingerprint density at radius 2 is 1.76 bits per heavy atom. The molecule has 0 atom stereocenters. The van der Waals surface area contributed by atoms with Crippen LogP contribution in [0.1, 0.15) is 0 Å². The fourth-order valence-corrected chi connectivity index (χ4v) is 1.48. The van der Waals surface area contributed by atoms with Gasteiger partial charge >= 0.3 is 0 Å². The van der Waals surface area contributed by atoms with Gasteiger partial charge in [-0.1, -0.05) is 0 Å². The summed E-state index contributed by atoms with van der Waals surface area (Å²) in [5.74, 6) is 1.19. The zero-order valence-electron chi connectivity index (χ0n) is 9.54. The van der Waals surface area contributed by atoms with Gasteiger partial charge in [0.25, 0.3) is 5.88 Å². The Kier molecular flexibility index (Phi) is 3.04. The van der Waals surface area contributed by atoms with Crippen LogP contribution in [-0.2, 0) is 0 Å². The van der Waals surface area contributed by atoms with Gasteiger partial charge in [0.2, 0.25) is 5.95 Å². The number of nitrogen functional groups attached to an aromatic ring is 1. The maximum Gasteiger partial charge on any atom is 0.257 e. The van der Waals surface area contributed by atoms with E-state index in [4.69, 9.17) is 15.2 Å². The summed E-state index contributed by atoms with van der Waals surface area (Å²) < 4.78 is 10.4. The van der Waals surface area contributed by atoms with E-state index < -0.39 is 0 Å². The van der Waals surface area contributed by atoms with Gasteiger partial charge < -0.3 is 15.2 Å². The molecular weight excluding hydrogens is 220 g/mol. The van der Waals surface area contributed by atoms with Crippen LogP contribution in [0, 0.1) is 0 Å². The highest BCUT2D eigenvalue weighted by molar-refractivity contribution is 5.71. The van der Waals surface area contributed by atoms with Crippen molar-refractivity contribution in [3.8, 4) is 22.8 Å². The van der Waals surface area contributed by atoms with Crippen molar-refractivity contribution < 1.29 is 9.47 Å². The van der Waals surface area contributed by atoms with E-state index in [1.807, 2.05) is 0 Å². The number of anilines is 1. The van der Waals surface area contributed by atoms with Gasteiger partial charge in [-0.15, -0.1) is 0 Å². The molecule has 0 saturated heterocycles. The van der Waals surface area contributed by atoms with Crippen molar-refractivity contribution in [1.29, 1.82) is 0 Å². The zero-order chi connectivity index (χ0) is 12.3. The van der Waals surface area contributed by atoms with Crippen LogP contribution in [0.25, 0.3) is 11.1 Å². The average Bonchev–Trinajstić information content (AvgIpc) is 2.38. The van der Waals surface area contributed by atoms with Crippen molar-refractivity contribution in [2.24, 2.45) is 0 Å². The molecule has 0 spiro atoms. The number of hydrogen-bond donors (Lipinski definition) is 1. The molecule has 0 saturated carbocycles. The number of aromatic nitrogens is 3. The summed E-state index contributed by atoms with van der Waals surface area (Å²) in [4.78, 5) is 11.9. The molecule has 0 aromatic carbocycles. The van der Waals surface area contributed by atoms with Crippen LogP contribution in [-0.4, -0.2) is 29.2 Å². The largest absolute Gasteiger partial charge is 0.491 e. The highest BCUT2D eigenvalue weighted by Gasteiger charge is 2.12. The normalized spacial score (nSPS) is 10.0. The topological polar surface area (TPSA) is 83.2 Å². The third kappa shape index (κ3) is 2.10. The van der Waals surface area contributed by atoms with Crippen molar-refractivity contribution in [3.05, 3.63) is 24.7 Å². The van der Waals surface area contributed by atoms with Crippen LogP contribution in [0.3, 0.4) is 0 Å². The van der Waals surface area contributed by atoms with Gasteiger partial charge in [-0.3, -0.25) is 0 Å². The Labute approximate surface area is 98.4 Å². The van der Waals surface area contributed by atoms with Crippen LogP contribution < -0.4 is 15.2 Å². The van der Waals surface area contributed by atoms with Crippen molar-refractivity contribution >= 4 is 5.95 Å². The molecular formula is C11H12N4O2. The van der Waals surface area contributed by atoms with E-state index in [1.165, 1.54) is 7.11 Å². The summed E-state index contributed by atoms with van der Waals surface area (Å²) in [5.41, 5.74) is 7.03. The predicted molar refractivity (Wildman–Crippen MR) is 62.8 cm³/mol. The molecule has 0 aliphatic carbocycles. The summed E-state index contributed by atoms with van der Waals surface area (Å²) in [6, 6.07) is 1.80. The molecule has 0 unspecified atom stereocenters. The van der Waals surface area contributed by atoms with Crippen LogP contribution >= 0.6 is 0 Å². The first kappa shape index (κ1) is 11.1. The number of pyridine rings is 1. The lowest BCUT2D eigenvalue weighted by atomic mass is 10.1. The fourth-order valence-electron chi connectivity index (χ4n) is 1.48. The minimum atomic E-state index is 0.230. The molecule has 0 amide bonds. The van der Waals surface area contributed by atoms with Gasteiger partial charge in [0, 0.05) is 29.7 Å². The molecule has 6 heteroatoms. The monoisotopic (exact) mass is 232 g/mol. The van der Waals surface area contributed by atoms with Crippen molar-refractivity contribution in [2.45, 2.75) is 0 Å². The van der Waals surface area contributed by atoms with E-state index in [0.29, 0.717) is 11.6 Å². The Balaban J connectivity index is 2.54. The average molecular weight is 232 g/mol. The molecule has 0 fully saturated rings. The number of methoxy groups -OCH3 is 2. The third-order valence-electron chi connectivity index (χ3n) is 2.25. The summed E-state index contributed by atoms with van der Waals surface area (Å²) >= 11 is 0. The highest BCUT2D eigenvalue weighted by Crippen LogP contribution is 2.35. The van der Waals surface area contributed by atoms with Gasteiger partial charge in [-0.25, -0.2) is 15.0 Å². The summed E-state index contributed by atoms with van der Waals surface area (Å²) in [7, 11) is 3.09. The molecule has 17 heavy (non-hydrogen) atoms. The smallest absolute Gasteiger partial charge is 0.257 e. The second-order valence-electron chi connectivity index (χ2n) is 3.23. The second-order valence-corrected chi connectivity index (χ2v) is 3.23. The minimum Gasteiger partial charge on any atom is -0.491 e.